The monoisotopic (exact) mass is 455 g/mol. The summed E-state index contributed by atoms with van der Waals surface area (Å²) in [7, 11) is 0. The van der Waals surface area contributed by atoms with Gasteiger partial charge in [0, 0.05) is 25.6 Å². The average molecular weight is 456 g/mol. The number of esters is 1. The number of hydrogen-bond donors (Lipinski definition) is 2. The molecule has 0 fully saturated rings. The first-order valence-electron chi connectivity index (χ1n) is 10.6. The molecule has 32 heavy (non-hydrogen) atoms. The highest BCUT2D eigenvalue weighted by Gasteiger charge is 2.24. The summed E-state index contributed by atoms with van der Waals surface area (Å²) in [5, 5.41) is 6.05. The van der Waals surface area contributed by atoms with Crippen LogP contribution < -0.4 is 10.6 Å². The number of pyridine rings is 1. The van der Waals surface area contributed by atoms with Gasteiger partial charge in [-0.2, -0.15) is 0 Å². The molecule has 7 nitrogen and oxygen atoms in total. The summed E-state index contributed by atoms with van der Waals surface area (Å²) >= 11 is 5.78. The molecule has 8 heteroatoms. The van der Waals surface area contributed by atoms with Gasteiger partial charge in [0.25, 0.3) is 0 Å². The first kappa shape index (κ1) is 23.5. The van der Waals surface area contributed by atoms with Crippen LogP contribution in [0, 0.1) is 5.92 Å². The number of aromatic nitrogens is 1. The van der Waals surface area contributed by atoms with Crippen LogP contribution in [0.5, 0.6) is 0 Å². The minimum absolute atomic E-state index is 0.0486. The van der Waals surface area contributed by atoms with Gasteiger partial charge in [0.15, 0.2) is 0 Å². The molecular weight excluding hydrogens is 430 g/mol. The van der Waals surface area contributed by atoms with Crippen molar-refractivity contribution in [3.05, 3.63) is 77.1 Å². The van der Waals surface area contributed by atoms with E-state index in [1.54, 1.807) is 18.3 Å². The highest BCUT2D eigenvalue weighted by Crippen LogP contribution is 2.19. The zero-order valence-corrected chi connectivity index (χ0v) is 18.4. The topological polar surface area (TPSA) is 97.4 Å². The molecule has 0 saturated heterocycles. The standard InChI is InChI=1S/C24H26ClN3O4/c25-21-12-11-17(14-26-21)15-27-22(29)13-19-9-5-2-6-10-23(30)32-20(16-28-24(19)31)18-7-3-1-4-8-18/h1-5,7-8,11-12,14,19-20H,6,9-10,13,15-16H2,(H,27,29)(H,28,31)/b5-2+. The van der Waals surface area contributed by atoms with Crippen LogP contribution in [0.4, 0.5) is 0 Å². The average Bonchev–Trinajstić information content (AvgIpc) is 2.80. The van der Waals surface area contributed by atoms with Crippen molar-refractivity contribution in [3.8, 4) is 0 Å². The van der Waals surface area contributed by atoms with Crippen molar-refractivity contribution in [3.63, 3.8) is 0 Å². The smallest absolute Gasteiger partial charge is 0.306 e. The number of ether oxygens (including phenoxy) is 1. The maximum atomic E-state index is 12.8. The molecule has 1 aliphatic heterocycles. The normalized spacial score (nSPS) is 20.8. The fraction of sp³-hybridized carbons (Fsp3) is 0.333. The Hall–Kier alpha value is -3.19. The van der Waals surface area contributed by atoms with Crippen LogP contribution in [-0.4, -0.2) is 29.3 Å². The van der Waals surface area contributed by atoms with Crippen LogP contribution in [0.3, 0.4) is 0 Å². The second kappa shape index (κ2) is 12.0. The summed E-state index contributed by atoms with van der Waals surface area (Å²) in [5.74, 6) is -1.32. The predicted molar refractivity (Wildman–Crippen MR) is 120 cm³/mol. The summed E-state index contributed by atoms with van der Waals surface area (Å²) in [4.78, 5) is 41.4. The van der Waals surface area contributed by atoms with Gasteiger partial charge in [-0.1, -0.05) is 60.2 Å². The number of carbonyl (C=O) groups excluding carboxylic acids is 3. The predicted octanol–water partition coefficient (Wildman–Crippen LogP) is 3.50. The Balaban J connectivity index is 1.62. The fourth-order valence-corrected chi connectivity index (χ4v) is 3.43. The first-order valence-corrected chi connectivity index (χ1v) is 10.9. The van der Waals surface area contributed by atoms with Crippen molar-refractivity contribution < 1.29 is 19.1 Å². The van der Waals surface area contributed by atoms with Gasteiger partial charge < -0.3 is 15.4 Å². The third kappa shape index (κ3) is 7.50. The minimum Gasteiger partial charge on any atom is -0.456 e. The van der Waals surface area contributed by atoms with E-state index in [0.717, 1.165) is 11.1 Å². The van der Waals surface area contributed by atoms with E-state index in [1.807, 2.05) is 42.5 Å². The molecule has 0 aliphatic carbocycles. The number of cyclic esters (lactones) is 1. The number of nitrogens with zero attached hydrogens (tertiary/aromatic N) is 1. The molecule has 1 aromatic carbocycles. The molecule has 3 rings (SSSR count). The lowest BCUT2D eigenvalue weighted by Crippen LogP contribution is -2.37. The van der Waals surface area contributed by atoms with Crippen LogP contribution >= 0.6 is 11.6 Å². The lowest BCUT2D eigenvalue weighted by molar-refractivity contribution is -0.150. The van der Waals surface area contributed by atoms with E-state index in [1.165, 1.54) is 0 Å². The van der Waals surface area contributed by atoms with E-state index in [9.17, 15) is 14.4 Å². The van der Waals surface area contributed by atoms with Crippen molar-refractivity contribution in [2.24, 2.45) is 5.92 Å². The minimum atomic E-state index is -0.581. The van der Waals surface area contributed by atoms with Crippen molar-refractivity contribution in [2.45, 2.75) is 38.3 Å². The Morgan fingerprint density at radius 3 is 2.72 bits per heavy atom. The third-order valence-electron chi connectivity index (χ3n) is 5.09. The molecule has 168 valence electrons. The molecule has 2 unspecified atom stereocenters. The first-order chi connectivity index (χ1) is 15.5. The lowest BCUT2D eigenvalue weighted by Gasteiger charge is -2.21. The fourth-order valence-electron chi connectivity index (χ4n) is 3.32. The van der Waals surface area contributed by atoms with E-state index in [2.05, 4.69) is 15.6 Å². The molecule has 2 atom stereocenters. The summed E-state index contributed by atoms with van der Waals surface area (Å²) in [6.07, 6.45) is 5.93. The molecule has 0 bridgehead atoms. The summed E-state index contributed by atoms with van der Waals surface area (Å²) < 4.78 is 5.59. The molecule has 1 aliphatic rings. The van der Waals surface area contributed by atoms with Crippen LogP contribution in [0.2, 0.25) is 5.15 Å². The maximum absolute atomic E-state index is 12.8. The van der Waals surface area contributed by atoms with E-state index in [-0.39, 0.29) is 37.2 Å². The van der Waals surface area contributed by atoms with Crippen LogP contribution in [0.1, 0.15) is 42.9 Å². The molecule has 1 aromatic heterocycles. The Bertz CT molecular complexity index is 947. The quantitative estimate of drug-likeness (QED) is 0.408. The van der Waals surface area contributed by atoms with Gasteiger partial charge in [-0.25, -0.2) is 4.98 Å². The Labute approximate surface area is 192 Å². The number of hydrogen-bond acceptors (Lipinski definition) is 5. The molecule has 0 radical (unpaired) electrons. The number of halogens is 1. The van der Waals surface area contributed by atoms with E-state index in [0.29, 0.717) is 24.5 Å². The van der Waals surface area contributed by atoms with E-state index >= 15 is 0 Å². The van der Waals surface area contributed by atoms with Crippen molar-refractivity contribution in [1.82, 2.24) is 15.6 Å². The second-order valence-corrected chi connectivity index (χ2v) is 7.93. The highest BCUT2D eigenvalue weighted by atomic mass is 35.5. The van der Waals surface area contributed by atoms with Gasteiger partial charge >= 0.3 is 5.97 Å². The van der Waals surface area contributed by atoms with Crippen molar-refractivity contribution in [1.29, 1.82) is 0 Å². The van der Waals surface area contributed by atoms with Gasteiger partial charge in [0.05, 0.1) is 12.5 Å². The van der Waals surface area contributed by atoms with Crippen LogP contribution in [0.15, 0.2) is 60.8 Å². The molecule has 2 heterocycles. The summed E-state index contributed by atoms with van der Waals surface area (Å²) in [5.41, 5.74) is 1.62. The Morgan fingerprint density at radius 2 is 1.97 bits per heavy atom. The Kier molecular flexibility index (Phi) is 8.80. The van der Waals surface area contributed by atoms with Gasteiger partial charge in [-0.05, 0) is 30.0 Å². The van der Waals surface area contributed by atoms with E-state index < -0.39 is 12.0 Å². The van der Waals surface area contributed by atoms with Gasteiger partial charge in [0.2, 0.25) is 11.8 Å². The second-order valence-electron chi connectivity index (χ2n) is 7.55. The zero-order valence-electron chi connectivity index (χ0n) is 17.6. The van der Waals surface area contributed by atoms with E-state index in [4.69, 9.17) is 16.3 Å². The van der Waals surface area contributed by atoms with Crippen LogP contribution in [0.25, 0.3) is 0 Å². The van der Waals surface area contributed by atoms with Crippen molar-refractivity contribution >= 4 is 29.4 Å². The summed E-state index contributed by atoms with van der Waals surface area (Å²) in [6.45, 7) is 0.450. The lowest BCUT2D eigenvalue weighted by atomic mass is 9.98. The number of amides is 2. The molecular formula is C24H26ClN3O4. The molecule has 2 aromatic rings. The zero-order chi connectivity index (χ0) is 22.8. The Morgan fingerprint density at radius 1 is 1.16 bits per heavy atom. The molecule has 2 N–H and O–H groups in total. The van der Waals surface area contributed by atoms with Crippen LogP contribution in [-0.2, 0) is 25.7 Å². The number of carbonyl (C=O) groups is 3. The number of nitrogens with one attached hydrogen (secondary N) is 2. The van der Waals surface area contributed by atoms with Crippen molar-refractivity contribution in [2.75, 3.05) is 6.54 Å². The summed E-state index contributed by atoms with van der Waals surface area (Å²) in [6, 6.07) is 12.7. The number of rotatable bonds is 5. The number of benzene rings is 1. The number of allylic oxidation sites excluding steroid dienone is 2. The highest BCUT2D eigenvalue weighted by molar-refractivity contribution is 6.29. The molecule has 0 saturated carbocycles. The SMILES string of the molecule is O=C(CC1C/C=C/CCC(=O)OC(c2ccccc2)CNC1=O)NCc1ccc(Cl)nc1. The van der Waals surface area contributed by atoms with Gasteiger partial charge in [0.1, 0.15) is 11.3 Å². The maximum Gasteiger partial charge on any atom is 0.306 e. The van der Waals surface area contributed by atoms with Gasteiger partial charge in [-0.3, -0.25) is 14.4 Å². The molecule has 2 amide bonds. The molecule has 0 spiro atoms. The largest absolute Gasteiger partial charge is 0.456 e. The van der Waals surface area contributed by atoms with Gasteiger partial charge in [-0.15, -0.1) is 0 Å². The third-order valence-corrected chi connectivity index (χ3v) is 5.31.